The van der Waals surface area contributed by atoms with Crippen LogP contribution in [0.5, 0.6) is 0 Å². The van der Waals surface area contributed by atoms with E-state index in [4.69, 9.17) is 5.73 Å². The van der Waals surface area contributed by atoms with E-state index in [1.165, 1.54) is 0 Å². The first-order valence-corrected chi connectivity index (χ1v) is 5.98. The summed E-state index contributed by atoms with van der Waals surface area (Å²) in [6.45, 7) is 3.64. The Morgan fingerprint density at radius 1 is 1.69 bits per heavy atom. The standard InChI is InChI=1S/C9H18N2OS/c1-8-7-13-6-5-11(8)9(12)3-2-4-10/h8H,2-7,10H2,1H3. The molecule has 1 aliphatic rings. The molecule has 1 unspecified atom stereocenters. The highest BCUT2D eigenvalue weighted by atomic mass is 32.2. The fourth-order valence-corrected chi connectivity index (χ4v) is 2.51. The smallest absolute Gasteiger partial charge is 0.222 e. The molecule has 1 rings (SSSR count). The van der Waals surface area contributed by atoms with E-state index < -0.39 is 0 Å². The van der Waals surface area contributed by atoms with Crippen LogP contribution in [0, 0.1) is 0 Å². The third kappa shape index (κ3) is 3.19. The van der Waals surface area contributed by atoms with Gasteiger partial charge in [-0.3, -0.25) is 4.79 Å². The topological polar surface area (TPSA) is 46.3 Å². The minimum absolute atomic E-state index is 0.276. The molecule has 0 aliphatic carbocycles. The van der Waals surface area contributed by atoms with E-state index in [0.717, 1.165) is 24.5 Å². The van der Waals surface area contributed by atoms with Crippen LogP contribution in [0.25, 0.3) is 0 Å². The van der Waals surface area contributed by atoms with Crippen molar-refractivity contribution in [3.63, 3.8) is 0 Å². The Morgan fingerprint density at radius 3 is 3.08 bits per heavy atom. The van der Waals surface area contributed by atoms with E-state index >= 15 is 0 Å². The summed E-state index contributed by atoms with van der Waals surface area (Å²) in [5, 5.41) is 0. The van der Waals surface area contributed by atoms with Crippen molar-refractivity contribution in [3.05, 3.63) is 0 Å². The second-order valence-electron chi connectivity index (χ2n) is 3.40. The molecule has 1 fully saturated rings. The molecular weight excluding hydrogens is 184 g/mol. The molecular formula is C9H18N2OS. The Labute approximate surface area is 84.0 Å². The highest BCUT2D eigenvalue weighted by Crippen LogP contribution is 2.16. The maximum atomic E-state index is 11.6. The van der Waals surface area contributed by atoms with E-state index in [2.05, 4.69) is 6.92 Å². The SMILES string of the molecule is CC1CSCCN1C(=O)CCCN. The molecule has 0 aromatic rings. The first kappa shape index (κ1) is 10.9. The summed E-state index contributed by atoms with van der Waals surface area (Å²) in [5.74, 6) is 2.44. The van der Waals surface area contributed by atoms with Gasteiger partial charge in [0.05, 0.1) is 0 Å². The van der Waals surface area contributed by atoms with Crippen LogP contribution in [0.2, 0.25) is 0 Å². The minimum atomic E-state index is 0.276. The van der Waals surface area contributed by atoms with Gasteiger partial charge >= 0.3 is 0 Å². The molecule has 0 bridgehead atoms. The molecule has 1 heterocycles. The van der Waals surface area contributed by atoms with Gasteiger partial charge in [0.25, 0.3) is 0 Å². The van der Waals surface area contributed by atoms with E-state index in [1.54, 1.807) is 0 Å². The summed E-state index contributed by atoms with van der Waals surface area (Å²) < 4.78 is 0. The van der Waals surface area contributed by atoms with E-state index in [1.807, 2.05) is 16.7 Å². The second-order valence-corrected chi connectivity index (χ2v) is 4.55. The summed E-state index contributed by atoms with van der Waals surface area (Å²) in [6.07, 6.45) is 1.43. The van der Waals surface area contributed by atoms with Gasteiger partial charge in [0.2, 0.25) is 5.91 Å². The van der Waals surface area contributed by atoms with Crippen LogP contribution in [0.1, 0.15) is 19.8 Å². The lowest BCUT2D eigenvalue weighted by Gasteiger charge is -2.33. The van der Waals surface area contributed by atoms with Crippen molar-refractivity contribution < 1.29 is 4.79 Å². The number of thioether (sulfide) groups is 1. The fourth-order valence-electron chi connectivity index (χ4n) is 1.49. The molecule has 1 amide bonds. The molecule has 3 nitrogen and oxygen atoms in total. The van der Waals surface area contributed by atoms with Gasteiger partial charge in [0.1, 0.15) is 0 Å². The van der Waals surface area contributed by atoms with Gasteiger partial charge in [-0.25, -0.2) is 0 Å². The fraction of sp³-hybridized carbons (Fsp3) is 0.889. The van der Waals surface area contributed by atoms with Gasteiger partial charge in [-0.2, -0.15) is 11.8 Å². The van der Waals surface area contributed by atoms with Gasteiger partial charge in [-0.1, -0.05) is 0 Å². The zero-order valence-corrected chi connectivity index (χ0v) is 8.98. The number of nitrogens with two attached hydrogens (primary N) is 1. The predicted molar refractivity (Wildman–Crippen MR) is 56.8 cm³/mol. The molecule has 76 valence electrons. The van der Waals surface area contributed by atoms with Crippen molar-refractivity contribution >= 4 is 17.7 Å². The maximum Gasteiger partial charge on any atom is 0.222 e. The van der Waals surface area contributed by atoms with Gasteiger partial charge in [-0.15, -0.1) is 0 Å². The quantitative estimate of drug-likeness (QED) is 0.732. The Hall–Kier alpha value is -0.220. The van der Waals surface area contributed by atoms with Crippen LogP contribution in [-0.2, 0) is 4.79 Å². The van der Waals surface area contributed by atoms with Gasteiger partial charge in [0.15, 0.2) is 0 Å². The van der Waals surface area contributed by atoms with E-state index in [9.17, 15) is 4.79 Å². The average Bonchev–Trinajstić information content (AvgIpc) is 2.15. The molecule has 0 saturated carbocycles. The lowest BCUT2D eigenvalue weighted by atomic mass is 10.2. The van der Waals surface area contributed by atoms with Crippen LogP contribution in [-0.4, -0.2) is 41.4 Å². The molecule has 0 spiro atoms. The van der Waals surface area contributed by atoms with E-state index in [-0.39, 0.29) is 5.91 Å². The molecule has 1 saturated heterocycles. The Kier molecular flexibility index (Phi) is 4.59. The predicted octanol–water partition coefficient (Wildman–Crippen LogP) is 0.689. The first-order chi connectivity index (χ1) is 6.25. The third-order valence-corrected chi connectivity index (χ3v) is 3.47. The summed E-state index contributed by atoms with van der Waals surface area (Å²) in [7, 11) is 0. The van der Waals surface area contributed by atoms with Crippen LogP contribution < -0.4 is 5.73 Å². The zero-order chi connectivity index (χ0) is 9.68. The summed E-state index contributed by atoms with van der Waals surface area (Å²) in [4.78, 5) is 13.6. The number of nitrogens with zero attached hydrogens (tertiary/aromatic N) is 1. The van der Waals surface area contributed by atoms with Crippen molar-refractivity contribution in [2.24, 2.45) is 5.73 Å². The van der Waals surface area contributed by atoms with Crippen LogP contribution in [0.3, 0.4) is 0 Å². The van der Waals surface area contributed by atoms with Crippen LogP contribution >= 0.6 is 11.8 Å². The first-order valence-electron chi connectivity index (χ1n) is 4.83. The lowest BCUT2D eigenvalue weighted by molar-refractivity contribution is -0.132. The normalized spacial score (nSPS) is 23.2. The molecule has 0 aromatic heterocycles. The molecule has 2 N–H and O–H groups in total. The number of carbonyl (C=O) groups is 1. The third-order valence-electron chi connectivity index (χ3n) is 2.28. The second kappa shape index (κ2) is 5.50. The Bertz CT molecular complexity index is 175. The average molecular weight is 202 g/mol. The van der Waals surface area contributed by atoms with Crippen molar-refractivity contribution in [3.8, 4) is 0 Å². The molecule has 1 atom stereocenters. The highest BCUT2D eigenvalue weighted by Gasteiger charge is 2.22. The molecule has 13 heavy (non-hydrogen) atoms. The van der Waals surface area contributed by atoms with Gasteiger partial charge in [0, 0.05) is 30.5 Å². The Balaban J connectivity index is 2.35. The monoisotopic (exact) mass is 202 g/mol. The zero-order valence-electron chi connectivity index (χ0n) is 8.16. The molecule has 0 aromatic carbocycles. The molecule has 1 aliphatic heterocycles. The summed E-state index contributed by atoms with van der Waals surface area (Å²) in [6, 6.07) is 0.407. The number of amides is 1. The van der Waals surface area contributed by atoms with Crippen LogP contribution in [0.4, 0.5) is 0 Å². The molecule has 0 radical (unpaired) electrons. The van der Waals surface area contributed by atoms with Crippen LogP contribution in [0.15, 0.2) is 0 Å². The number of carbonyl (C=O) groups excluding carboxylic acids is 1. The van der Waals surface area contributed by atoms with Gasteiger partial charge < -0.3 is 10.6 Å². The van der Waals surface area contributed by atoms with Crippen molar-refractivity contribution in [1.82, 2.24) is 4.90 Å². The lowest BCUT2D eigenvalue weighted by Crippen LogP contribution is -2.44. The highest BCUT2D eigenvalue weighted by molar-refractivity contribution is 7.99. The number of rotatable bonds is 3. The minimum Gasteiger partial charge on any atom is -0.338 e. The van der Waals surface area contributed by atoms with Crippen molar-refractivity contribution in [1.29, 1.82) is 0 Å². The Morgan fingerprint density at radius 2 is 2.46 bits per heavy atom. The maximum absolute atomic E-state index is 11.6. The van der Waals surface area contributed by atoms with Crippen molar-refractivity contribution in [2.75, 3.05) is 24.6 Å². The van der Waals surface area contributed by atoms with Crippen molar-refractivity contribution in [2.45, 2.75) is 25.8 Å². The van der Waals surface area contributed by atoms with E-state index in [0.29, 0.717) is 19.0 Å². The largest absolute Gasteiger partial charge is 0.338 e. The molecule has 4 heteroatoms. The summed E-state index contributed by atoms with van der Waals surface area (Å²) >= 11 is 1.93. The number of hydrogen-bond acceptors (Lipinski definition) is 3. The number of hydrogen-bond donors (Lipinski definition) is 1. The summed E-state index contributed by atoms with van der Waals surface area (Å²) in [5.41, 5.74) is 5.37. The van der Waals surface area contributed by atoms with Gasteiger partial charge in [-0.05, 0) is 19.9 Å².